The normalized spacial score (nSPS) is 16.2. The minimum Gasteiger partial charge on any atom is -0.493 e. The molecule has 25 heavy (non-hydrogen) atoms. The maximum Gasteiger partial charge on any atom is 0.223 e. The van der Waals surface area contributed by atoms with Gasteiger partial charge in [0.05, 0.1) is 12.6 Å². The summed E-state index contributed by atoms with van der Waals surface area (Å²) in [6, 6.07) is 8.13. The predicted octanol–water partition coefficient (Wildman–Crippen LogP) is 4.10. The number of hydrogen-bond donors (Lipinski definition) is 2. The largest absolute Gasteiger partial charge is 0.493 e. The van der Waals surface area contributed by atoms with E-state index in [1.807, 2.05) is 18.2 Å². The molecule has 1 aliphatic rings. The molecule has 1 unspecified atom stereocenters. The Labute approximate surface area is 158 Å². The second-order valence-electron chi connectivity index (χ2n) is 7.10. The smallest absolute Gasteiger partial charge is 0.223 e. The van der Waals surface area contributed by atoms with Crippen molar-refractivity contribution in [1.29, 1.82) is 0 Å². The van der Waals surface area contributed by atoms with E-state index in [2.05, 4.69) is 37.5 Å². The second kappa shape index (κ2) is 11.4. The lowest BCUT2D eigenvalue weighted by molar-refractivity contribution is -0.126. The SMILES string of the molecule is CCCOc1ccccc1C(CC(C)C)NC(=O)C1CCNCC1.Cl. The first-order valence-electron chi connectivity index (χ1n) is 9.34. The lowest BCUT2D eigenvalue weighted by Gasteiger charge is -2.27. The molecule has 142 valence electrons. The number of benzene rings is 1. The summed E-state index contributed by atoms with van der Waals surface area (Å²) in [5.74, 6) is 1.72. The monoisotopic (exact) mass is 368 g/mol. The van der Waals surface area contributed by atoms with Crippen LogP contribution in [0.1, 0.15) is 58.1 Å². The lowest BCUT2D eigenvalue weighted by Crippen LogP contribution is -2.40. The Morgan fingerprint density at radius 3 is 2.60 bits per heavy atom. The van der Waals surface area contributed by atoms with Gasteiger partial charge in [-0.2, -0.15) is 0 Å². The van der Waals surface area contributed by atoms with Gasteiger partial charge < -0.3 is 15.4 Å². The minimum atomic E-state index is 0. The Balaban J connectivity index is 0.00000312. The third kappa shape index (κ3) is 6.87. The van der Waals surface area contributed by atoms with Crippen LogP contribution in [0, 0.1) is 11.8 Å². The lowest BCUT2D eigenvalue weighted by atomic mass is 9.93. The van der Waals surface area contributed by atoms with Gasteiger partial charge in [0.2, 0.25) is 5.91 Å². The zero-order valence-electron chi connectivity index (χ0n) is 15.7. The Kier molecular flexibility index (Phi) is 9.91. The molecule has 0 aliphatic carbocycles. The molecule has 1 heterocycles. The molecular weight excluding hydrogens is 336 g/mol. The molecular formula is C20H33ClN2O2. The van der Waals surface area contributed by atoms with E-state index in [9.17, 15) is 4.79 Å². The van der Waals surface area contributed by atoms with E-state index in [1.165, 1.54) is 0 Å². The van der Waals surface area contributed by atoms with Crippen molar-refractivity contribution in [3.8, 4) is 5.75 Å². The highest BCUT2D eigenvalue weighted by Gasteiger charge is 2.25. The van der Waals surface area contributed by atoms with E-state index in [-0.39, 0.29) is 30.3 Å². The van der Waals surface area contributed by atoms with E-state index >= 15 is 0 Å². The summed E-state index contributed by atoms with van der Waals surface area (Å²) in [7, 11) is 0. The Morgan fingerprint density at radius 1 is 1.28 bits per heavy atom. The first-order valence-corrected chi connectivity index (χ1v) is 9.34. The van der Waals surface area contributed by atoms with Crippen molar-refractivity contribution in [3.63, 3.8) is 0 Å². The van der Waals surface area contributed by atoms with Crippen molar-refractivity contribution in [3.05, 3.63) is 29.8 Å². The van der Waals surface area contributed by atoms with Crippen LogP contribution in [0.15, 0.2) is 24.3 Å². The molecule has 2 N–H and O–H groups in total. The molecule has 1 saturated heterocycles. The number of amides is 1. The minimum absolute atomic E-state index is 0. The summed E-state index contributed by atoms with van der Waals surface area (Å²) in [6.45, 7) is 9.06. The number of nitrogens with one attached hydrogen (secondary N) is 2. The predicted molar refractivity (Wildman–Crippen MR) is 105 cm³/mol. The number of halogens is 1. The van der Waals surface area contributed by atoms with Gasteiger partial charge in [0.15, 0.2) is 0 Å². The summed E-state index contributed by atoms with van der Waals surface area (Å²) >= 11 is 0. The summed E-state index contributed by atoms with van der Waals surface area (Å²) in [5, 5.41) is 6.62. The van der Waals surface area contributed by atoms with Crippen LogP contribution in [0.2, 0.25) is 0 Å². The van der Waals surface area contributed by atoms with E-state index in [1.54, 1.807) is 0 Å². The Bertz CT molecular complexity index is 516. The van der Waals surface area contributed by atoms with Crippen molar-refractivity contribution in [2.24, 2.45) is 11.8 Å². The molecule has 2 rings (SSSR count). The fourth-order valence-corrected chi connectivity index (χ4v) is 3.22. The molecule has 1 fully saturated rings. The van der Waals surface area contributed by atoms with Gasteiger partial charge >= 0.3 is 0 Å². The maximum atomic E-state index is 12.7. The van der Waals surface area contributed by atoms with Gasteiger partial charge in [-0.15, -0.1) is 12.4 Å². The molecule has 1 aromatic rings. The van der Waals surface area contributed by atoms with E-state index in [0.29, 0.717) is 12.5 Å². The number of rotatable bonds is 8. The first-order chi connectivity index (χ1) is 11.6. The molecule has 1 amide bonds. The van der Waals surface area contributed by atoms with Gasteiger partial charge in [0, 0.05) is 11.5 Å². The van der Waals surface area contributed by atoms with Crippen LogP contribution in [0.25, 0.3) is 0 Å². The second-order valence-corrected chi connectivity index (χ2v) is 7.10. The van der Waals surface area contributed by atoms with Gasteiger partial charge in [-0.05, 0) is 50.8 Å². The van der Waals surface area contributed by atoms with E-state index in [4.69, 9.17) is 4.74 Å². The third-order valence-corrected chi connectivity index (χ3v) is 4.49. The molecule has 1 aliphatic heterocycles. The highest BCUT2D eigenvalue weighted by atomic mass is 35.5. The first kappa shape index (κ1) is 21.8. The van der Waals surface area contributed by atoms with Crippen molar-refractivity contribution < 1.29 is 9.53 Å². The standard InChI is InChI=1S/C20H32N2O2.ClH/c1-4-13-24-19-8-6-5-7-17(19)18(14-15(2)3)22-20(23)16-9-11-21-12-10-16;/h5-8,15-16,18,21H,4,9-14H2,1-3H3,(H,22,23);1H. The van der Waals surface area contributed by atoms with Crippen LogP contribution >= 0.6 is 12.4 Å². The van der Waals surface area contributed by atoms with Gasteiger partial charge in [-0.3, -0.25) is 4.79 Å². The highest BCUT2D eigenvalue weighted by molar-refractivity contribution is 5.85. The zero-order chi connectivity index (χ0) is 17.4. The number of hydrogen-bond acceptors (Lipinski definition) is 3. The maximum absolute atomic E-state index is 12.7. The van der Waals surface area contributed by atoms with Crippen LogP contribution in [-0.2, 0) is 4.79 Å². The molecule has 0 radical (unpaired) electrons. The van der Waals surface area contributed by atoms with Crippen molar-refractivity contribution in [1.82, 2.24) is 10.6 Å². The van der Waals surface area contributed by atoms with Crippen LogP contribution in [0.5, 0.6) is 5.75 Å². The van der Waals surface area contributed by atoms with E-state index in [0.717, 1.165) is 50.1 Å². The van der Waals surface area contributed by atoms with Crippen LogP contribution in [0.3, 0.4) is 0 Å². The van der Waals surface area contributed by atoms with Crippen molar-refractivity contribution in [2.75, 3.05) is 19.7 Å². The van der Waals surface area contributed by atoms with Crippen molar-refractivity contribution in [2.45, 2.75) is 52.5 Å². The van der Waals surface area contributed by atoms with Crippen LogP contribution < -0.4 is 15.4 Å². The van der Waals surface area contributed by atoms with E-state index < -0.39 is 0 Å². The topological polar surface area (TPSA) is 50.4 Å². The quantitative estimate of drug-likeness (QED) is 0.726. The van der Waals surface area contributed by atoms with Crippen LogP contribution in [-0.4, -0.2) is 25.6 Å². The molecule has 0 saturated carbocycles. The van der Waals surface area contributed by atoms with Gasteiger partial charge in [-0.25, -0.2) is 0 Å². The fraction of sp³-hybridized carbons (Fsp3) is 0.650. The van der Waals surface area contributed by atoms with Gasteiger partial charge in [0.1, 0.15) is 5.75 Å². The highest BCUT2D eigenvalue weighted by Crippen LogP contribution is 2.30. The summed E-state index contributed by atoms with van der Waals surface area (Å²) < 4.78 is 5.91. The van der Waals surface area contributed by atoms with Crippen LogP contribution in [0.4, 0.5) is 0 Å². The molecule has 0 aromatic heterocycles. The summed E-state index contributed by atoms with van der Waals surface area (Å²) in [6.07, 6.45) is 3.75. The van der Waals surface area contributed by atoms with Gasteiger partial charge in [-0.1, -0.05) is 39.0 Å². The molecule has 1 aromatic carbocycles. The average molecular weight is 369 g/mol. The number of piperidine rings is 1. The molecule has 4 nitrogen and oxygen atoms in total. The van der Waals surface area contributed by atoms with Gasteiger partial charge in [0.25, 0.3) is 0 Å². The Hall–Kier alpha value is -1.26. The molecule has 5 heteroatoms. The Morgan fingerprint density at radius 2 is 1.96 bits per heavy atom. The molecule has 1 atom stereocenters. The zero-order valence-corrected chi connectivity index (χ0v) is 16.5. The molecule has 0 bridgehead atoms. The third-order valence-electron chi connectivity index (χ3n) is 4.49. The number of carbonyl (C=O) groups is 1. The molecule has 0 spiro atoms. The summed E-state index contributed by atoms with van der Waals surface area (Å²) in [5.41, 5.74) is 1.10. The summed E-state index contributed by atoms with van der Waals surface area (Å²) in [4.78, 5) is 12.7. The van der Waals surface area contributed by atoms with Crippen molar-refractivity contribution >= 4 is 18.3 Å². The number of carbonyl (C=O) groups excluding carboxylic acids is 1. The number of ether oxygens (including phenoxy) is 1. The average Bonchev–Trinajstić information content (AvgIpc) is 2.60. The fourth-order valence-electron chi connectivity index (χ4n) is 3.22. The number of para-hydroxylation sites is 1.